The van der Waals surface area contributed by atoms with Crippen molar-refractivity contribution in [2.45, 2.75) is 33.1 Å². The highest BCUT2D eigenvalue weighted by Gasteiger charge is 2.22. The predicted molar refractivity (Wildman–Crippen MR) is 51.2 cm³/mol. The van der Waals surface area contributed by atoms with Crippen LogP contribution < -0.4 is 0 Å². The molecule has 1 aliphatic rings. The maximum Gasteiger partial charge on any atom is 0.227 e. The molecule has 3 heteroatoms. The van der Waals surface area contributed by atoms with Crippen LogP contribution in [0.4, 0.5) is 0 Å². The molecule has 0 bridgehead atoms. The summed E-state index contributed by atoms with van der Waals surface area (Å²) in [5.74, 6) is 0.464. The molecule has 0 aromatic heterocycles. The van der Waals surface area contributed by atoms with E-state index in [1.165, 1.54) is 0 Å². The van der Waals surface area contributed by atoms with Gasteiger partial charge in [0, 0.05) is 12.5 Å². The van der Waals surface area contributed by atoms with Crippen molar-refractivity contribution in [1.82, 2.24) is 4.90 Å². The maximum atomic E-state index is 11.8. The van der Waals surface area contributed by atoms with Crippen LogP contribution >= 0.6 is 0 Å². The summed E-state index contributed by atoms with van der Waals surface area (Å²) in [4.78, 5) is 13.6. The zero-order chi connectivity index (χ0) is 9.68. The molecule has 0 unspecified atom stereocenters. The fraction of sp³-hybridized carbons (Fsp3) is 0.900. The van der Waals surface area contributed by atoms with E-state index in [0.29, 0.717) is 6.73 Å². The fourth-order valence-electron chi connectivity index (χ4n) is 1.67. The Balaban J connectivity index is 2.44. The summed E-state index contributed by atoms with van der Waals surface area (Å²) in [5, 5.41) is 0. The first-order chi connectivity index (χ1) is 6.29. The first-order valence-corrected chi connectivity index (χ1v) is 5.16. The molecule has 1 amide bonds. The van der Waals surface area contributed by atoms with Gasteiger partial charge in [-0.25, -0.2) is 0 Å². The van der Waals surface area contributed by atoms with E-state index in [1.54, 1.807) is 0 Å². The van der Waals surface area contributed by atoms with Crippen molar-refractivity contribution in [3.8, 4) is 0 Å². The Labute approximate surface area is 80.1 Å². The number of carbonyl (C=O) groups excluding carboxylic acids is 1. The zero-order valence-electron chi connectivity index (χ0n) is 8.58. The number of carbonyl (C=O) groups is 1. The van der Waals surface area contributed by atoms with E-state index in [9.17, 15) is 4.79 Å². The molecule has 3 nitrogen and oxygen atoms in total. The minimum absolute atomic E-state index is 0.196. The van der Waals surface area contributed by atoms with E-state index in [4.69, 9.17) is 4.74 Å². The van der Waals surface area contributed by atoms with Gasteiger partial charge in [0.1, 0.15) is 6.73 Å². The molecule has 1 heterocycles. The number of hydrogen-bond donors (Lipinski definition) is 0. The van der Waals surface area contributed by atoms with Crippen molar-refractivity contribution in [2.75, 3.05) is 19.9 Å². The number of rotatable bonds is 3. The van der Waals surface area contributed by atoms with Crippen LogP contribution in [0.25, 0.3) is 0 Å². The minimum Gasteiger partial charge on any atom is -0.361 e. The quantitative estimate of drug-likeness (QED) is 0.668. The first-order valence-electron chi connectivity index (χ1n) is 5.16. The third-order valence-electron chi connectivity index (χ3n) is 2.61. The van der Waals surface area contributed by atoms with Crippen LogP contribution in [0.3, 0.4) is 0 Å². The van der Waals surface area contributed by atoms with Crippen LogP contribution in [0.15, 0.2) is 0 Å². The van der Waals surface area contributed by atoms with Crippen LogP contribution in [-0.2, 0) is 9.53 Å². The third kappa shape index (κ3) is 2.69. The van der Waals surface area contributed by atoms with E-state index in [1.807, 2.05) is 4.90 Å². The minimum atomic E-state index is 0.196. The highest BCUT2D eigenvalue weighted by Crippen LogP contribution is 2.13. The van der Waals surface area contributed by atoms with Crippen molar-refractivity contribution < 1.29 is 9.53 Å². The number of amides is 1. The molecule has 1 aliphatic heterocycles. The molecule has 0 spiro atoms. The fourth-order valence-corrected chi connectivity index (χ4v) is 1.67. The summed E-state index contributed by atoms with van der Waals surface area (Å²) < 4.78 is 5.25. The van der Waals surface area contributed by atoms with Crippen molar-refractivity contribution in [2.24, 2.45) is 5.92 Å². The van der Waals surface area contributed by atoms with Gasteiger partial charge in [0.25, 0.3) is 0 Å². The zero-order valence-corrected chi connectivity index (χ0v) is 8.58. The number of hydrogen-bond acceptors (Lipinski definition) is 2. The van der Waals surface area contributed by atoms with Crippen molar-refractivity contribution in [3.05, 3.63) is 0 Å². The highest BCUT2D eigenvalue weighted by molar-refractivity contribution is 5.78. The van der Waals surface area contributed by atoms with E-state index >= 15 is 0 Å². The second-order valence-corrected chi connectivity index (χ2v) is 3.51. The summed E-state index contributed by atoms with van der Waals surface area (Å²) in [6.07, 6.45) is 2.85. The van der Waals surface area contributed by atoms with Gasteiger partial charge in [0.15, 0.2) is 0 Å². The standard InChI is InChI=1S/C10H19NO2/c1-3-9(4-2)10(12)11-6-5-7-13-8-11/h9H,3-8H2,1-2H3. The second-order valence-electron chi connectivity index (χ2n) is 3.51. The van der Waals surface area contributed by atoms with Crippen LogP contribution in [0, 0.1) is 5.92 Å². The molecule has 0 N–H and O–H groups in total. The molecule has 0 aromatic rings. The largest absolute Gasteiger partial charge is 0.361 e. The van der Waals surface area contributed by atoms with Gasteiger partial charge in [0.05, 0.1) is 6.61 Å². The monoisotopic (exact) mass is 185 g/mol. The van der Waals surface area contributed by atoms with E-state index < -0.39 is 0 Å². The Hall–Kier alpha value is -0.570. The molecule has 76 valence electrons. The molecule has 0 radical (unpaired) electrons. The predicted octanol–water partition coefficient (Wildman–Crippen LogP) is 1.63. The van der Waals surface area contributed by atoms with Crippen molar-refractivity contribution >= 4 is 5.91 Å². The molecule has 1 fully saturated rings. The lowest BCUT2D eigenvalue weighted by atomic mass is 10.0. The van der Waals surface area contributed by atoms with Gasteiger partial charge in [-0.3, -0.25) is 4.79 Å². The Kier molecular flexibility index (Phi) is 4.22. The number of nitrogens with zero attached hydrogens (tertiary/aromatic N) is 1. The first kappa shape index (κ1) is 10.5. The van der Waals surface area contributed by atoms with Crippen LogP contribution in [0.1, 0.15) is 33.1 Å². The average molecular weight is 185 g/mol. The van der Waals surface area contributed by atoms with Gasteiger partial charge in [0.2, 0.25) is 5.91 Å². The molecule has 1 rings (SSSR count). The lowest BCUT2D eigenvalue weighted by molar-refractivity contribution is -0.145. The number of ether oxygens (including phenoxy) is 1. The molecular weight excluding hydrogens is 166 g/mol. The summed E-state index contributed by atoms with van der Waals surface area (Å²) in [7, 11) is 0. The third-order valence-corrected chi connectivity index (χ3v) is 2.61. The summed E-state index contributed by atoms with van der Waals surface area (Å²) >= 11 is 0. The normalized spacial score (nSPS) is 17.9. The summed E-state index contributed by atoms with van der Waals surface area (Å²) in [6, 6.07) is 0. The lowest BCUT2D eigenvalue weighted by Crippen LogP contribution is -2.41. The molecule has 0 saturated carbocycles. The van der Waals surface area contributed by atoms with Crippen LogP contribution in [-0.4, -0.2) is 30.7 Å². The average Bonchev–Trinajstić information content (AvgIpc) is 2.21. The topological polar surface area (TPSA) is 29.5 Å². The Morgan fingerprint density at radius 3 is 2.62 bits per heavy atom. The summed E-state index contributed by atoms with van der Waals surface area (Å²) in [6.45, 7) is 6.30. The highest BCUT2D eigenvalue weighted by atomic mass is 16.5. The van der Waals surface area contributed by atoms with Gasteiger partial charge < -0.3 is 9.64 Å². The van der Waals surface area contributed by atoms with Gasteiger partial charge in [-0.1, -0.05) is 13.8 Å². The van der Waals surface area contributed by atoms with Crippen LogP contribution in [0.5, 0.6) is 0 Å². The Bertz CT molecular complexity index is 160. The van der Waals surface area contributed by atoms with Gasteiger partial charge in [-0.15, -0.1) is 0 Å². The van der Waals surface area contributed by atoms with Crippen molar-refractivity contribution in [3.63, 3.8) is 0 Å². The van der Waals surface area contributed by atoms with Gasteiger partial charge in [-0.2, -0.15) is 0 Å². The van der Waals surface area contributed by atoms with E-state index in [-0.39, 0.29) is 11.8 Å². The molecule has 1 saturated heterocycles. The molecular formula is C10H19NO2. The van der Waals surface area contributed by atoms with Gasteiger partial charge >= 0.3 is 0 Å². The van der Waals surface area contributed by atoms with Gasteiger partial charge in [-0.05, 0) is 19.3 Å². The molecule has 0 aromatic carbocycles. The molecule has 0 aliphatic carbocycles. The Morgan fingerprint density at radius 2 is 2.15 bits per heavy atom. The summed E-state index contributed by atoms with van der Waals surface area (Å²) in [5.41, 5.74) is 0. The van der Waals surface area contributed by atoms with E-state index in [2.05, 4.69) is 13.8 Å². The maximum absolute atomic E-state index is 11.8. The SMILES string of the molecule is CCC(CC)C(=O)N1CCCOC1. The molecule has 13 heavy (non-hydrogen) atoms. The smallest absolute Gasteiger partial charge is 0.227 e. The lowest BCUT2D eigenvalue weighted by Gasteiger charge is -2.29. The van der Waals surface area contributed by atoms with E-state index in [0.717, 1.165) is 32.4 Å². The Morgan fingerprint density at radius 1 is 1.46 bits per heavy atom. The van der Waals surface area contributed by atoms with Crippen molar-refractivity contribution in [1.29, 1.82) is 0 Å². The second kappa shape index (κ2) is 5.22. The van der Waals surface area contributed by atoms with Crippen LogP contribution in [0.2, 0.25) is 0 Å². The molecule has 0 atom stereocenters.